The first-order valence-corrected chi connectivity index (χ1v) is 8.57. The summed E-state index contributed by atoms with van der Waals surface area (Å²) in [6.45, 7) is 3.04. The van der Waals surface area contributed by atoms with E-state index < -0.39 is 12.6 Å². The van der Waals surface area contributed by atoms with Gasteiger partial charge in [-0.2, -0.15) is 13.2 Å². The van der Waals surface area contributed by atoms with Crippen LogP contribution >= 0.6 is 24.8 Å². The van der Waals surface area contributed by atoms with Crippen molar-refractivity contribution in [2.24, 2.45) is 0 Å². The predicted molar refractivity (Wildman–Crippen MR) is 107 cm³/mol. The standard InChI is InChI=1S/C19H23F3N2O.2ClH/c1-25-17-7-6-14-4-2-3-5-15(14)18(17)16(8-9-19(20,21)22)24-12-10-23-11-13-24;;/h2-7,16,23H,8-13H2,1H3;2*1H/t16-;;/m1../s1. The maximum atomic E-state index is 12.9. The van der Waals surface area contributed by atoms with E-state index in [1.807, 2.05) is 36.4 Å². The first-order valence-electron chi connectivity index (χ1n) is 8.57. The molecule has 152 valence electrons. The molecule has 0 unspecified atom stereocenters. The Bertz CT molecular complexity index is 722. The van der Waals surface area contributed by atoms with Crippen molar-refractivity contribution in [2.45, 2.75) is 25.1 Å². The molecule has 0 bridgehead atoms. The maximum Gasteiger partial charge on any atom is 0.389 e. The van der Waals surface area contributed by atoms with Gasteiger partial charge in [-0.1, -0.05) is 30.3 Å². The predicted octanol–water partition coefficient (Wildman–Crippen LogP) is 4.98. The highest BCUT2D eigenvalue weighted by molar-refractivity contribution is 5.88. The summed E-state index contributed by atoms with van der Waals surface area (Å²) in [5.41, 5.74) is 0.867. The van der Waals surface area contributed by atoms with Gasteiger partial charge in [-0.3, -0.25) is 4.90 Å². The largest absolute Gasteiger partial charge is 0.496 e. The first kappa shape index (κ1) is 23.8. The number of ether oxygens (including phenoxy) is 1. The topological polar surface area (TPSA) is 24.5 Å². The van der Waals surface area contributed by atoms with Crippen molar-refractivity contribution >= 4 is 35.6 Å². The van der Waals surface area contributed by atoms with Crippen molar-refractivity contribution in [2.75, 3.05) is 33.3 Å². The Morgan fingerprint density at radius 3 is 2.37 bits per heavy atom. The maximum absolute atomic E-state index is 12.9. The Morgan fingerprint density at radius 2 is 1.74 bits per heavy atom. The van der Waals surface area contributed by atoms with Gasteiger partial charge in [-0.05, 0) is 23.3 Å². The number of hydrogen-bond acceptors (Lipinski definition) is 3. The van der Waals surface area contributed by atoms with Gasteiger partial charge in [0.15, 0.2) is 0 Å². The van der Waals surface area contributed by atoms with E-state index in [-0.39, 0.29) is 37.3 Å². The SMILES string of the molecule is COc1ccc2ccccc2c1[C@@H](CCC(F)(F)F)N1CCNCC1.Cl.Cl. The minimum absolute atomic E-state index is 0. The zero-order chi connectivity index (χ0) is 17.9. The fourth-order valence-electron chi connectivity index (χ4n) is 3.60. The van der Waals surface area contributed by atoms with Crippen molar-refractivity contribution in [1.82, 2.24) is 10.2 Å². The molecule has 1 heterocycles. The second kappa shape index (κ2) is 10.4. The highest BCUT2D eigenvalue weighted by Crippen LogP contribution is 2.40. The number of nitrogens with one attached hydrogen (secondary N) is 1. The van der Waals surface area contributed by atoms with Crippen LogP contribution in [0.5, 0.6) is 5.75 Å². The van der Waals surface area contributed by atoms with Crippen LogP contribution in [-0.2, 0) is 0 Å². The molecule has 1 N–H and O–H groups in total. The van der Waals surface area contributed by atoms with Gasteiger partial charge in [0.1, 0.15) is 5.75 Å². The van der Waals surface area contributed by atoms with Crippen molar-refractivity contribution in [3.8, 4) is 5.75 Å². The molecular weight excluding hydrogens is 400 g/mol. The lowest BCUT2D eigenvalue weighted by atomic mass is 9.93. The fraction of sp³-hybridized carbons (Fsp3) is 0.474. The smallest absolute Gasteiger partial charge is 0.389 e. The van der Waals surface area contributed by atoms with E-state index in [4.69, 9.17) is 4.74 Å². The molecule has 1 atom stereocenters. The monoisotopic (exact) mass is 424 g/mol. The first-order chi connectivity index (χ1) is 12.0. The summed E-state index contributed by atoms with van der Waals surface area (Å²) < 4.78 is 44.3. The number of methoxy groups -OCH3 is 1. The minimum Gasteiger partial charge on any atom is -0.496 e. The number of halogens is 5. The number of alkyl halides is 3. The minimum atomic E-state index is -4.16. The molecule has 2 aromatic carbocycles. The zero-order valence-corrected chi connectivity index (χ0v) is 16.7. The van der Waals surface area contributed by atoms with E-state index in [9.17, 15) is 13.2 Å². The summed E-state index contributed by atoms with van der Waals surface area (Å²) in [6.07, 6.45) is -4.92. The summed E-state index contributed by atoms with van der Waals surface area (Å²) in [5, 5.41) is 5.25. The van der Waals surface area contributed by atoms with Crippen LogP contribution in [0.1, 0.15) is 24.4 Å². The van der Waals surface area contributed by atoms with Crippen molar-refractivity contribution < 1.29 is 17.9 Å². The lowest BCUT2D eigenvalue weighted by Crippen LogP contribution is -2.45. The Kier molecular flexibility index (Phi) is 9.15. The van der Waals surface area contributed by atoms with Crippen molar-refractivity contribution in [3.05, 3.63) is 42.0 Å². The molecule has 1 fully saturated rings. The van der Waals surface area contributed by atoms with Crippen LogP contribution in [0.2, 0.25) is 0 Å². The van der Waals surface area contributed by atoms with E-state index in [1.54, 1.807) is 7.11 Å². The zero-order valence-electron chi connectivity index (χ0n) is 15.1. The van der Waals surface area contributed by atoms with Gasteiger partial charge in [0.25, 0.3) is 0 Å². The lowest BCUT2D eigenvalue weighted by Gasteiger charge is -2.36. The van der Waals surface area contributed by atoms with E-state index in [0.717, 1.165) is 42.5 Å². The molecule has 0 saturated carbocycles. The average molecular weight is 425 g/mol. The van der Waals surface area contributed by atoms with Crippen LogP contribution in [0.15, 0.2) is 36.4 Å². The Hall–Kier alpha value is -1.21. The molecule has 0 spiro atoms. The van der Waals surface area contributed by atoms with Gasteiger partial charge in [-0.25, -0.2) is 0 Å². The summed E-state index contributed by atoms with van der Waals surface area (Å²) in [6, 6.07) is 11.3. The van der Waals surface area contributed by atoms with Crippen molar-refractivity contribution in [1.29, 1.82) is 0 Å². The number of nitrogens with zero attached hydrogens (tertiary/aromatic N) is 1. The number of benzene rings is 2. The van der Waals surface area contributed by atoms with Crippen LogP contribution in [0.4, 0.5) is 13.2 Å². The quantitative estimate of drug-likeness (QED) is 0.732. The molecule has 27 heavy (non-hydrogen) atoms. The molecule has 3 nitrogen and oxygen atoms in total. The summed E-state index contributed by atoms with van der Waals surface area (Å²) in [4.78, 5) is 2.15. The molecule has 3 rings (SSSR count). The van der Waals surface area contributed by atoms with Gasteiger partial charge in [0, 0.05) is 44.2 Å². The molecule has 0 aromatic heterocycles. The van der Waals surface area contributed by atoms with Crippen LogP contribution in [0.25, 0.3) is 10.8 Å². The van der Waals surface area contributed by atoms with Gasteiger partial charge in [0.05, 0.1) is 7.11 Å². The second-order valence-corrected chi connectivity index (χ2v) is 6.36. The Labute approximate surface area is 170 Å². The third-order valence-corrected chi connectivity index (χ3v) is 4.78. The number of rotatable bonds is 5. The van der Waals surface area contributed by atoms with Crippen LogP contribution < -0.4 is 10.1 Å². The molecular formula is C19H25Cl2F3N2O. The molecule has 0 amide bonds. The van der Waals surface area contributed by atoms with Gasteiger partial charge in [-0.15, -0.1) is 24.8 Å². The highest BCUT2D eigenvalue weighted by atomic mass is 35.5. The van der Waals surface area contributed by atoms with E-state index in [0.29, 0.717) is 5.75 Å². The third-order valence-electron chi connectivity index (χ3n) is 4.78. The fourth-order valence-corrected chi connectivity index (χ4v) is 3.60. The third kappa shape index (κ3) is 5.88. The molecule has 8 heteroatoms. The van der Waals surface area contributed by atoms with E-state index in [1.165, 1.54) is 0 Å². The highest BCUT2D eigenvalue weighted by Gasteiger charge is 2.33. The Morgan fingerprint density at radius 1 is 1.07 bits per heavy atom. The molecule has 0 aliphatic carbocycles. The van der Waals surface area contributed by atoms with Gasteiger partial charge in [0.2, 0.25) is 0 Å². The average Bonchev–Trinajstić information content (AvgIpc) is 2.62. The van der Waals surface area contributed by atoms with Gasteiger partial charge < -0.3 is 10.1 Å². The van der Waals surface area contributed by atoms with E-state index in [2.05, 4.69) is 10.2 Å². The molecule has 2 aromatic rings. The molecule has 1 aliphatic rings. The normalized spacial score (nSPS) is 16.3. The number of hydrogen-bond donors (Lipinski definition) is 1. The number of piperazine rings is 1. The molecule has 1 aliphatic heterocycles. The summed E-state index contributed by atoms with van der Waals surface area (Å²) >= 11 is 0. The van der Waals surface area contributed by atoms with Crippen LogP contribution in [0.3, 0.4) is 0 Å². The van der Waals surface area contributed by atoms with Crippen molar-refractivity contribution in [3.63, 3.8) is 0 Å². The van der Waals surface area contributed by atoms with Crippen LogP contribution in [-0.4, -0.2) is 44.4 Å². The molecule has 1 saturated heterocycles. The molecule has 0 radical (unpaired) electrons. The summed E-state index contributed by atoms with van der Waals surface area (Å²) in [7, 11) is 1.58. The van der Waals surface area contributed by atoms with Crippen LogP contribution in [0, 0.1) is 0 Å². The Balaban J connectivity index is 0.00000182. The second-order valence-electron chi connectivity index (χ2n) is 6.36. The number of fused-ring (bicyclic) bond motifs is 1. The lowest BCUT2D eigenvalue weighted by molar-refractivity contribution is -0.138. The van der Waals surface area contributed by atoms with Gasteiger partial charge >= 0.3 is 6.18 Å². The summed E-state index contributed by atoms with van der Waals surface area (Å²) in [5.74, 6) is 0.657. The van der Waals surface area contributed by atoms with E-state index >= 15 is 0 Å².